The van der Waals surface area contributed by atoms with Gasteiger partial charge in [0.2, 0.25) is 0 Å². The highest BCUT2D eigenvalue weighted by Gasteiger charge is 2.38. The van der Waals surface area contributed by atoms with E-state index in [-0.39, 0.29) is 26.4 Å². The Labute approximate surface area is 146 Å². The van der Waals surface area contributed by atoms with Crippen molar-refractivity contribution in [3.63, 3.8) is 0 Å². The molecule has 0 aliphatic rings. The summed E-state index contributed by atoms with van der Waals surface area (Å²) in [7, 11) is 1.29. The quantitative estimate of drug-likeness (QED) is 0.122. The van der Waals surface area contributed by atoms with E-state index in [1.54, 1.807) is 0 Å². The highest BCUT2D eigenvalue weighted by atomic mass is 17.2. The molecule has 0 aromatic heterocycles. The fraction of sp³-hybridized carbons (Fsp3) is 0.353. The van der Waals surface area contributed by atoms with Crippen molar-refractivity contribution in [1.29, 1.82) is 0 Å². The van der Waals surface area contributed by atoms with Crippen LogP contribution >= 0.6 is 0 Å². The number of carbonyl (C=O) groups excluding carboxylic acids is 3. The van der Waals surface area contributed by atoms with Crippen molar-refractivity contribution < 1.29 is 38.4 Å². The average molecular weight is 354 g/mol. The Balaban J connectivity index is 5.49. The largest absolute Gasteiger partial charge is 0.461 e. The van der Waals surface area contributed by atoms with Crippen molar-refractivity contribution in [2.45, 2.75) is 0 Å². The zero-order valence-electron chi connectivity index (χ0n) is 14.2. The smallest absolute Gasteiger partial charge is 0.330 e. The molecule has 0 heterocycles. The third-order valence-electron chi connectivity index (χ3n) is 3.07. The number of hydrogen-bond acceptors (Lipinski definition) is 8. The SMILES string of the molecule is C=CC(=O)OCC(COC(=O)C=C)(COC(=O)C=C)C(=C)COOC. The number of ether oxygens (including phenoxy) is 3. The summed E-state index contributed by atoms with van der Waals surface area (Å²) in [4.78, 5) is 43.6. The minimum atomic E-state index is -1.27. The number of esters is 3. The van der Waals surface area contributed by atoms with Crippen molar-refractivity contribution in [3.05, 3.63) is 50.1 Å². The van der Waals surface area contributed by atoms with Gasteiger partial charge in [-0.25, -0.2) is 24.2 Å². The molecule has 0 saturated heterocycles. The summed E-state index contributed by atoms with van der Waals surface area (Å²) in [5.41, 5.74) is -0.964. The topological polar surface area (TPSA) is 97.4 Å². The predicted octanol–water partition coefficient (Wildman–Crippen LogP) is 1.29. The van der Waals surface area contributed by atoms with E-state index in [2.05, 4.69) is 31.2 Å². The van der Waals surface area contributed by atoms with Gasteiger partial charge in [0, 0.05) is 18.2 Å². The minimum Gasteiger partial charge on any atom is -0.461 e. The van der Waals surface area contributed by atoms with Crippen molar-refractivity contribution in [3.8, 4) is 0 Å². The molecular formula is C17H22O8. The highest BCUT2D eigenvalue weighted by Crippen LogP contribution is 2.29. The summed E-state index contributed by atoms with van der Waals surface area (Å²) in [5, 5.41) is 0. The van der Waals surface area contributed by atoms with Crippen LogP contribution in [-0.2, 0) is 38.4 Å². The molecule has 0 N–H and O–H groups in total. The van der Waals surface area contributed by atoms with Crippen LogP contribution < -0.4 is 0 Å². The zero-order valence-corrected chi connectivity index (χ0v) is 14.2. The lowest BCUT2D eigenvalue weighted by Crippen LogP contribution is -2.42. The summed E-state index contributed by atoms with van der Waals surface area (Å²) in [5.74, 6) is -2.14. The van der Waals surface area contributed by atoms with Crippen LogP contribution in [0.15, 0.2) is 50.1 Å². The molecule has 0 aromatic rings. The maximum absolute atomic E-state index is 11.4. The minimum absolute atomic E-state index is 0.126. The molecule has 0 aliphatic heterocycles. The first-order valence-electron chi connectivity index (χ1n) is 7.06. The highest BCUT2D eigenvalue weighted by molar-refractivity contribution is 5.82. The van der Waals surface area contributed by atoms with E-state index in [4.69, 9.17) is 19.1 Å². The van der Waals surface area contributed by atoms with E-state index in [9.17, 15) is 14.4 Å². The van der Waals surface area contributed by atoms with Crippen LogP contribution in [0.2, 0.25) is 0 Å². The maximum atomic E-state index is 11.4. The molecule has 0 radical (unpaired) electrons. The van der Waals surface area contributed by atoms with Gasteiger partial charge in [-0.2, -0.15) is 0 Å². The Hall–Kier alpha value is -2.71. The van der Waals surface area contributed by atoms with Gasteiger partial charge in [-0.1, -0.05) is 26.3 Å². The summed E-state index contributed by atoms with van der Waals surface area (Å²) in [6.45, 7) is 12.6. The van der Waals surface area contributed by atoms with E-state index >= 15 is 0 Å². The lowest BCUT2D eigenvalue weighted by molar-refractivity contribution is -0.267. The molecule has 0 aliphatic carbocycles. The second kappa shape index (κ2) is 11.8. The van der Waals surface area contributed by atoms with E-state index < -0.39 is 23.3 Å². The molecule has 0 bridgehead atoms. The average Bonchev–Trinajstić information content (AvgIpc) is 2.64. The maximum Gasteiger partial charge on any atom is 0.330 e. The van der Waals surface area contributed by atoms with Crippen LogP contribution in [-0.4, -0.2) is 51.4 Å². The van der Waals surface area contributed by atoms with Crippen molar-refractivity contribution in [2.75, 3.05) is 33.5 Å². The Kier molecular flexibility index (Phi) is 10.5. The second-order valence-electron chi connectivity index (χ2n) is 4.75. The lowest BCUT2D eigenvalue weighted by atomic mass is 9.83. The molecule has 25 heavy (non-hydrogen) atoms. The first kappa shape index (κ1) is 22.3. The van der Waals surface area contributed by atoms with Crippen LogP contribution in [0, 0.1) is 5.41 Å². The monoisotopic (exact) mass is 354 g/mol. The van der Waals surface area contributed by atoms with Crippen LogP contribution in [0.25, 0.3) is 0 Å². The van der Waals surface area contributed by atoms with Gasteiger partial charge >= 0.3 is 17.9 Å². The van der Waals surface area contributed by atoms with Crippen molar-refractivity contribution in [1.82, 2.24) is 0 Å². The summed E-state index contributed by atoms with van der Waals surface area (Å²) in [6, 6.07) is 0. The van der Waals surface area contributed by atoms with Crippen LogP contribution in [0.4, 0.5) is 0 Å². The van der Waals surface area contributed by atoms with Gasteiger partial charge in [0.15, 0.2) is 0 Å². The summed E-state index contributed by atoms with van der Waals surface area (Å²) < 4.78 is 15.1. The van der Waals surface area contributed by atoms with Gasteiger partial charge in [0.05, 0.1) is 12.5 Å². The molecule has 8 nitrogen and oxygen atoms in total. The molecule has 0 rings (SSSR count). The normalized spacial score (nSPS) is 10.3. The van der Waals surface area contributed by atoms with E-state index in [0.29, 0.717) is 5.57 Å². The Morgan fingerprint density at radius 3 is 1.48 bits per heavy atom. The molecule has 0 amide bonds. The van der Waals surface area contributed by atoms with Gasteiger partial charge in [-0.05, 0) is 5.57 Å². The molecule has 0 aromatic carbocycles. The van der Waals surface area contributed by atoms with E-state index in [0.717, 1.165) is 18.2 Å². The first-order chi connectivity index (χ1) is 11.8. The third-order valence-corrected chi connectivity index (χ3v) is 3.07. The van der Waals surface area contributed by atoms with Gasteiger partial charge in [-0.3, -0.25) is 0 Å². The Bertz CT molecular complexity index is 475. The first-order valence-corrected chi connectivity index (χ1v) is 7.06. The van der Waals surface area contributed by atoms with Gasteiger partial charge in [0.25, 0.3) is 0 Å². The lowest BCUT2D eigenvalue weighted by Gasteiger charge is -2.33. The fourth-order valence-electron chi connectivity index (χ4n) is 1.52. The molecule has 0 unspecified atom stereocenters. The van der Waals surface area contributed by atoms with Crippen LogP contribution in [0.1, 0.15) is 0 Å². The fourth-order valence-corrected chi connectivity index (χ4v) is 1.52. The summed E-state index contributed by atoms with van der Waals surface area (Å²) >= 11 is 0. The molecular weight excluding hydrogens is 332 g/mol. The zero-order chi connectivity index (χ0) is 19.3. The van der Waals surface area contributed by atoms with Crippen molar-refractivity contribution >= 4 is 17.9 Å². The van der Waals surface area contributed by atoms with E-state index in [1.165, 1.54) is 7.11 Å². The van der Waals surface area contributed by atoms with Gasteiger partial charge < -0.3 is 14.2 Å². The molecule has 0 spiro atoms. The molecule has 8 heteroatoms. The molecule has 0 atom stereocenters. The number of carbonyl (C=O) groups is 3. The van der Waals surface area contributed by atoms with Crippen molar-refractivity contribution in [2.24, 2.45) is 5.41 Å². The number of hydrogen-bond donors (Lipinski definition) is 0. The summed E-state index contributed by atoms with van der Waals surface area (Å²) in [6.07, 6.45) is 2.89. The predicted molar refractivity (Wildman–Crippen MR) is 88.0 cm³/mol. The second-order valence-corrected chi connectivity index (χ2v) is 4.75. The Morgan fingerprint density at radius 1 is 0.840 bits per heavy atom. The van der Waals surface area contributed by atoms with Gasteiger partial charge in [-0.15, -0.1) is 0 Å². The Morgan fingerprint density at radius 2 is 1.20 bits per heavy atom. The van der Waals surface area contributed by atoms with Gasteiger partial charge in [0.1, 0.15) is 26.4 Å². The number of rotatable bonds is 13. The van der Waals surface area contributed by atoms with E-state index in [1.807, 2.05) is 0 Å². The molecule has 0 saturated carbocycles. The molecule has 138 valence electrons. The standard InChI is InChI=1S/C17H22O8/c1-6-14(18)22-10-17(11-23-15(19)7-2,12-24-16(20)8-3)13(4)9-25-21-5/h6-8H,1-4,9-12H2,5H3. The van der Waals surface area contributed by atoms with Crippen LogP contribution in [0.5, 0.6) is 0 Å². The van der Waals surface area contributed by atoms with Crippen LogP contribution in [0.3, 0.4) is 0 Å². The molecule has 0 fully saturated rings. The third kappa shape index (κ3) is 8.09.